The molecule has 1 N–H and O–H groups in total. The Hall–Kier alpha value is -1.53. The van der Waals surface area contributed by atoms with Crippen LogP contribution in [-0.2, 0) is 13.1 Å². The summed E-state index contributed by atoms with van der Waals surface area (Å²) in [4.78, 5) is 2.03. The Labute approximate surface area is 122 Å². The molecular formula is C14H19FN4S. The molecule has 0 aliphatic carbocycles. The molecular weight excluding hydrogens is 275 g/mol. The van der Waals surface area contributed by atoms with Crippen molar-refractivity contribution in [1.82, 2.24) is 14.5 Å². The Bertz CT molecular complexity index is 543. The van der Waals surface area contributed by atoms with Gasteiger partial charge in [-0.15, -0.1) is 5.10 Å². The van der Waals surface area contributed by atoms with E-state index in [-0.39, 0.29) is 5.82 Å². The average molecular weight is 294 g/mol. The Balaban J connectivity index is 1.96. The molecule has 0 unspecified atom stereocenters. The SMILES string of the molecule is CCCNc1snnc1CN(C)Cc1ccccc1F. The molecule has 0 saturated carbocycles. The van der Waals surface area contributed by atoms with Crippen molar-refractivity contribution >= 4 is 16.5 Å². The topological polar surface area (TPSA) is 41.1 Å². The summed E-state index contributed by atoms with van der Waals surface area (Å²) in [5, 5.41) is 8.47. The summed E-state index contributed by atoms with van der Waals surface area (Å²) < 4.78 is 17.6. The number of hydrogen-bond donors (Lipinski definition) is 1. The van der Waals surface area contributed by atoms with E-state index in [1.165, 1.54) is 17.6 Å². The maximum atomic E-state index is 13.6. The number of anilines is 1. The minimum atomic E-state index is -0.167. The monoisotopic (exact) mass is 294 g/mol. The van der Waals surface area contributed by atoms with Crippen LogP contribution < -0.4 is 5.32 Å². The fourth-order valence-corrected chi connectivity index (χ4v) is 2.51. The van der Waals surface area contributed by atoms with Gasteiger partial charge in [0.1, 0.15) is 16.5 Å². The third-order valence-corrected chi connectivity index (χ3v) is 3.63. The third kappa shape index (κ3) is 3.98. The summed E-state index contributed by atoms with van der Waals surface area (Å²) in [5.74, 6) is -0.167. The zero-order chi connectivity index (χ0) is 14.4. The van der Waals surface area contributed by atoms with Crippen LogP contribution >= 0.6 is 11.5 Å². The second-order valence-electron chi connectivity index (χ2n) is 4.74. The molecule has 0 fully saturated rings. The number of nitrogens with zero attached hydrogens (tertiary/aromatic N) is 3. The van der Waals surface area contributed by atoms with Gasteiger partial charge >= 0.3 is 0 Å². The van der Waals surface area contributed by atoms with Gasteiger partial charge in [-0.1, -0.05) is 29.6 Å². The molecule has 0 atom stereocenters. The van der Waals surface area contributed by atoms with Crippen molar-refractivity contribution in [3.8, 4) is 0 Å². The van der Waals surface area contributed by atoms with Crippen LogP contribution in [-0.4, -0.2) is 28.1 Å². The maximum absolute atomic E-state index is 13.6. The van der Waals surface area contributed by atoms with Gasteiger partial charge in [0.15, 0.2) is 0 Å². The van der Waals surface area contributed by atoms with Gasteiger partial charge in [0.05, 0.1) is 0 Å². The zero-order valence-corrected chi connectivity index (χ0v) is 12.6. The van der Waals surface area contributed by atoms with E-state index in [0.29, 0.717) is 18.7 Å². The summed E-state index contributed by atoms with van der Waals surface area (Å²) in [5.41, 5.74) is 1.61. The molecule has 1 aromatic heterocycles. The van der Waals surface area contributed by atoms with E-state index >= 15 is 0 Å². The third-order valence-electron chi connectivity index (χ3n) is 2.91. The summed E-state index contributed by atoms with van der Waals surface area (Å²) >= 11 is 1.37. The Morgan fingerprint density at radius 3 is 2.85 bits per heavy atom. The maximum Gasteiger partial charge on any atom is 0.134 e. The Morgan fingerprint density at radius 2 is 2.10 bits per heavy atom. The Morgan fingerprint density at radius 1 is 1.30 bits per heavy atom. The second-order valence-corrected chi connectivity index (χ2v) is 5.49. The van der Waals surface area contributed by atoms with Crippen molar-refractivity contribution in [2.75, 3.05) is 18.9 Å². The zero-order valence-electron chi connectivity index (χ0n) is 11.8. The normalized spacial score (nSPS) is 11.0. The first-order valence-corrected chi connectivity index (χ1v) is 7.45. The van der Waals surface area contributed by atoms with Crippen LogP contribution in [0.3, 0.4) is 0 Å². The van der Waals surface area contributed by atoms with Gasteiger partial charge in [0.2, 0.25) is 0 Å². The molecule has 0 bridgehead atoms. The van der Waals surface area contributed by atoms with E-state index in [4.69, 9.17) is 0 Å². The molecule has 20 heavy (non-hydrogen) atoms. The first-order chi connectivity index (χ1) is 9.70. The van der Waals surface area contributed by atoms with Crippen molar-refractivity contribution in [2.24, 2.45) is 0 Å². The van der Waals surface area contributed by atoms with Crippen LogP contribution in [0.1, 0.15) is 24.6 Å². The van der Waals surface area contributed by atoms with Crippen LogP contribution in [0.4, 0.5) is 9.39 Å². The quantitative estimate of drug-likeness (QED) is 0.852. The molecule has 1 aromatic carbocycles. The lowest BCUT2D eigenvalue weighted by atomic mass is 10.2. The van der Waals surface area contributed by atoms with Crippen molar-refractivity contribution in [1.29, 1.82) is 0 Å². The van der Waals surface area contributed by atoms with Gasteiger partial charge in [-0.2, -0.15) is 0 Å². The van der Waals surface area contributed by atoms with Crippen molar-refractivity contribution in [2.45, 2.75) is 26.4 Å². The number of aromatic nitrogens is 2. The highest BCUT2D eigenvalue weighted by atomic mass is 32.1. The predicted octanol–water partition coefficient (Wildman–Crippen LogP) is 3.13. The van der Waals surface area contributed by atoms with E-state index < -0.39 is 0 Å². The van der Waals surface area contributed by atoms with Crippen LogP contribution in [0.15, 0.2) is 24.3 Å². The minimum absolute atomic E-state index is 0.167. The number of hydrogen-bond acceptors (Lipinski definition) is 5. The first kappa shape index (κ1) is 14.9. The van der Waals surface area contributed by atoms with Gasteiger partial charge in [0, 0.05) is 36.7 Å². The smallest absolute Gasteiger partial charge is 0.134 e. The van der Waals surface area contributed by atoms with Crippen molar-refractivity contribution < 1.29 is 4.39 Å². The fraction of sp³-hybridized carbons (Fsp3) is 0.429. The first-order valence-electron chi connectivity index (χ1n) is 6.67. The highest BCUT2D eigenvalue weighted by Crippen LogP contribution is 2.20. The number of halogens is 1. The van der Waals surface area contributed by atoms with Crippen LogP contribution in [0.25, 0.3) is 0 Å². The van der Waals surface area contributed by atoms with Crippen LogP contribution in [0, 0.1) is 5.82 Å². The molecule has 2 aromatic rings. The van der Waals surface area contributed by atoms with Gasteiger partial charge < -0.3 is 5.32 Å². The van der Waals surface area contributed by atoms with E-state index in [2.05, 4.69) is 21.8 Å². The lowest BCUT2D eigenvalue weighted by Gasteiger charge is -2.16. The van der Waals surface area contributed by atoms with Crippen molar-refractivity contribution in [3.63, 3.8) is 0 Å². The molecule has 0 aliphatic heterocycles. The molecule has 0 saturated heterocycles. The summed E-state index contributed by atoms with van der Waals surface area (Å²) in [6.07, 6.45) is 1.06. The lowest BCUT2D eigenvalue weighted by molar-refractivity contribution is 0.310. The summed E-state index contributed by atoms with van der Waals surface area (Å²) in [6, 6.07) is 6.85. The van der Waals surface area contributed by atoms with Gasteiger partial charge in [-0.05, 0) is 19.5 Å². The number of nitrogens with one attached hydrogen (secondary N) is 1. The van der Waals surface area contributed by atoms with Crippen LogP contribution in [0.5, 0.6) is 0 Å². The summed E-state index contributed by atoms with van der Waals surface area (Å²) in [6.45, 7) is 4.23. The van der Waals surface area contributed by atoms with E-state index in [1.807, 2.05) is 18.0 Å². The largest absolute Gasteiger partial charge is 0.374 e. The van der Waals surface area contributed by atoms with E-state index in [0.717, 1.165) is 23.7 Å². The van der Waals surface area contributed by atoms with Crippen molar-refractivity contribution in [3.05, 3.63) is 41.3 Å². The predicted molar refractivity (Wildman–Crippen MR) is 80.3 cm³/mol. The lowest BCUT2D eigenvalue weighted by Crippen LogP contribution is -2.19. The molecule has 1 heterocycles. The minimum Gasteiger partial charge on any atom is -0.374 e. The highest BCUT2D eigenvalue weighted by Gasteiger charge is 2.11. The molecule has 2 rings (SSSR count). The molecule has 0 radical (unpaired) electrons. The molecule has 108 valence electrons. The standard InChI is InChI=1S/C14H19FN4S/c1-3-8-16-14-13(17-18-20-14)10-19(2)9-11-6-4-5-7-12(11)15/h4-7,16H,3,8-10H2,1-2H3. The second kappa shape index (κ2) is 7.31. The van der Waals surface area contributed by atoms with E-state index in [9.17, 15) is 4.39 Å². The molecule has 0 aliphatic rings. The average Bonchev–Trinajstić information content (AvgIpc) is 2.86. The van der Waals surface area contributed by atoms with Gasteiger partial charge in [0.25, 0.3) is 0 Å². The Kier molecular flexibility index (Phi) is 5.43. The van der Waals surface area contributed by atoms with E-state index in [1.54, 1.807) is 12.1 Å². The molecule has 0 amide bonds. The fourth-order valence-electron chi connectivity index (χ4n) is 1.91. The molecule has 6 heteroatoms. The summed E-state index contributed by atoms with van der Waals surface area (Å²) in [7, 11) is 1.95. The van der Waals surface area contributed by atoms with Crippen LogP contribution in [0.2, 0.25) is 0 Å². The number of rotatable bonds is 7. The number of benzene rings is 1. The van der Waals surface area contributed by atoms with Gasteiger partial charge in [-0.3, -0.25) is 4.90 Å². The molecule has 4 nitrogen and oxygen atoms in total. The molecule has 0 spiro atoms. The van der Waals surface area contributed by atoms with Gasteiger partial charge in [-0.25, -0.2) is 4.39 Å². The highest BCUT2D eigenvalue weighted by molar-refractivity contribution is 7.10.